The van der Waals surface area contributed by atoms with Crippen molar-refractivity contribution in [2.24, 2.45) is 23.7 Å². The first kappa shape index (κ1) is 22.3. The van der Waals surface area contributed by atoms with Crippen LogP contribution >= 0.6 is 11.6 Å². The fourth-order valence-corrected chi connectivity index (χ4v) is 5.58. The number of carbonyl (C=O) groups is 4. The van der Waals surface area contributed by atoms with Gasteiger partial charge in [-0.15, -0.1) is 0 Å². The Kier molecular flexibility index (Phi) is 5.52. The van der Waals surface area contributed by atoms with Gasteiger partial charge in [-0.05, 0) is 74.1 Å². The van der Waals surface area contributed by atoms with Crippen molar-refractivity contribution in [1.29, 1.82) is 0 Å². The molecule has 2 bridgehead atoms. The van der Waals surface area contributed by atoms with E-state index >= 15 is 0 Å². The van der Waals surface area contributed by atoms with Crippen LogP contribution in [0, 0.1) is 30.6 Å². The molecule has 5 rings (SSSR count). The van der Waals surface area contributed by atoms with Gasteiger partial charge in [-0.1, -0.05) is 29.3 Å². The number of carbonyl (C=O) groups excluding carboxylic acids is 4. The van der Waals surface area contributed by atoms with E-state index in [0.717, 1.165) is 12.0 Å². The molecule has 2 fully saturated rings. The van der Waals surface area contributed by atoms with Gasteiger partial charge in [0.05, 0.1) is 23.1 Å². The van der Waals surface area contributed by atoms with Crippen LogP contribution in [-0.2, 0) is 19.1 Å². The number of allylic oxidation sites excluding steroid dienone is 2. The predicted octanol–water partition coefficient (Wildman–Crippen LogP) is 4.15. The summed E-state index contributed by atoms with van der Waals surface area (Å²) in [6.07, 6.45) is 3.01. The minimum Gasteiger partial charge on any atom is -0.452 e. The molecule has 34 heavy (non-hydrogen) atoms. The first-order valence-electron chi connectivity index (χ1n) is 11.1. The number of fused-ring (bicyclic) bond motifs is 5. The van der Waals surface area contributed by atoms with E-state index in [0.29, 0.717) is 16.4 Å². The van der Waals surface area contributed by atoms with Gasteiger partial charge in [0.25, 0.3) is 5.91 Å². The monoisotopic (exact) mass is 478 g/mol. The van der Waals surface area contributed by atoms with E-state index in [-0.39, 0.29) is 41.0 Å². The normalized spacial score (nSPS) is 24.8. The molecule has 1 saturated heterocycles. The molecular formula is C26H23ClN2O5. The summed E-state index contributed by atoms with van der Waals surface area (Å²) < 4.78 is 5.11. The molecule has 4 atom stereocenters. The maximum absolute atomic E-state index is 13.1. The number of rotatable bonds is 5. The molecule has 0 spiro atoms. The summed E-state index contributed by atoms with van der Waals surface area (Å²) in [5.74, 6) is -1.80. The van der Waals surface area contributed by atoms with Crippen molar-refractivity contribution >= 4 is 46.7 Å². The average molecular weight is 479 g/mol. The zero-order valence-electron chi connectivity index (χ0n) is 18.7. The Morgan fingerprint density at radius 1 is 1.06 bits per heavy atom. The third-order valence-corrected chi connectivity index (χ3v) is 7.29. The zero-order valence-corrected chi connectivity index (χ0v) is 19.5. The number of hydrogen-bond donors (Lipinski definition) is 1. The van der Waals surface area contributed by atoms with Crippen LogP contribution in [0.2, 0.25) is 5.02 Å². The van der Waals surface area contributed by atoms with Gasteiger partial charge in [-0.2, -0.15) is 0 Å². The molecule has 1 saturated carbocycles. The summed E-state index contributed by atoms with van der Waals surface area (Å²) in [6.45, 7) is 3.39. The van der Waals surface area contributed by atoms with Crippen LogP contribution in [0.5, 0.6) is 0 Å². The molecule has 1 N–H and O–H groups in total. The van der Waals surface area contributed by atoms with E-state index in [1.807, 2.05) is 13.8 Å². The second kappa shape index (κ2) is 8.40. The lowest BCUT2D eigenvalue weighted by atomic mass is 9.82. The SMILES string of the molecule is CC1=C[C@H]2C[C@H]1[C@H]1C(=O)N(c3ccc(C(=O)OCC(=O)Nc4cc(Cl)ccc4C)cc3)C(=O)[C@@H]12. The molecule has 0 aromatic heterocycles. The number of esters is 1. The Morgan fingerprint density at radius 3 is 2.50 bits per heavy atom. The third-order valence-electron chi connectivity index (χ3n) is 7.05. The van der Waals surface area contributed by atoms with Crippen molar-refractivity contribution in [3.63, 3.8) is 0 Å². The van der Waals surface area contributed by atoms with Gasteiger partial charge < -0.3 is 10.1 Å². The highest BCUT2D eigenvalue weighted by atomic mass is 35.5. The molecule has 2 aromatic rings. The van der Waals surface area contributed by atoms with Crippen molar-refractivity contribution in [2.45, 2.75) is 20.3 Å². The standard InChI is InChI=1S/C26H23ClN2O5/c1-13-3-6-17(27)11-20(13)28-21(30)12-34-26(33)15-4-7-18(8-5-15)29-24(31)22-16-9-14(2)19(10-16)23(22)25(29)32/h3-9,11,16,19,22-23H,10,12H2,1-2H3,(H,28,30)/t16-,19+,22+,23+/m0/s1. The predicted molar refractivity (Wildman–Crippen MR) is 126 cm³/mol. The summed E-state index contributed by atoms with van der Waals surface area (Å²) in [5, 5.41) is 3.14. The van der Waals surface area contributed by atoms with Crippen molar-refractivity contribution in [2.75, 3.05) is 16.8 Å². The van der Waals surface area contributed by atoms with Crippen molar-refractivity contribution in [1.82, 2.24) is 0 Å². The molecule has 7 nitrogen and oxygen atoms in total. The largest absolute Gasteiger partial charge is 0.452 e. The molecule has 0 radical (unpaired) electrons. The maximum Gasteiger partial charge on any atom is 0.338 e. The lowest BCUT2D eigenvalue weighted by molar-refractivity contribution is -0.123. The average Bonchev–Trinajstić information content (AvgIpc) is 3.45. The van der Waals surface area contributed by atoms with E-state index in [9.17, 15) is 19.2 Å². The van der Waals surface area contributed by atoms with Crippen LogP contribution in [0.4, 0.5) is 11.4 Å². The Balaban J connectivity index is 1.21. The molecule has 2 aliphatic carbocycles. The summed E-state index contributed by atoms with van der Waals surface area (Å²) in [7, 11) is 0. The Bertz CT molecular complexity index is 1250. The minimum atomic E-state index is -0.682. The van der Waals surface area contributed by atoms with Gasteiger partial charge in [0, 0.05) is 10.7 Å². The zero-order chi connectivity index (χ0) is 24.1. The van der Waals surface area contributed by atoms with Gasteiger partial charge in [-0.3, -0.25) is 19.3 Å². The van der Waals surface area contributed by atoms with Gasteiger partial charge in [0.1, 0.15) is 0 Å². The highest BCUT2D eigenvalue weighted by molar-refractivity contribution is 6.31. The summed E-state index contributed by atoms with van der Waals surface area (Å²) in [4.78, 5) is 51.9. The molecule has 1 aliphatic heterocycles. The van der Waals surface area contributed by atoms with Gasteiger partial charge >= 0.3 is 5.97 Å². The van der Waals surface area contributed by atoms with E-state index in [1.165, 1.54) is 22.6 Å². The van der Waals surface area contributed by atoms with Crippen LogP contribution in [0.3, 0.4) is 0 Å². The molecule has 8 heteroatoms. The second-order valence-electron chi connectivity index (χ2n) is 9.11. The van der Waals surface area contributed by atoms with Gasteiger partial charge in [-0.25, -0.2) is 4.79 Å². The number of nitrogens with one attached hydrogen (secondary N) is 1. The lowest BCUT2D eigenvalue weighted by Crippen LogP contribution is -2.33. The number of ether oxygens (including phenoxy) is 1. The Labute approximate surface area is 201 Å². The maximum atomic E-state index is 13.1. The quantitative estimate of drug-likeness (QED) is 0.396. The summed E-state index contributed by atoms with van der Waals surface area (Å²) in [6, 6.07) is 11.2. The lowest BCUT2D eigenvalue weighted by Gasteiger charge is -2.19. The number of anilines is 2. The van der Waals surface area contributed by atoms with Crippen LogP contribution in [-0.4, -0.2) is 30.3 Å². The fraction of sp³-hybridized carbons (Fsp3) is 0.308. The van der Waals surface area contributed by atoms with E-state index in [1.54, 1.807) is 30.3 Å². The molecule has 0 unspecified atom stereocenters. The highest BCUT2D eigenvalue weighted by Crippen LogP contribution is 2.55. The highest BCUT2D eigenvalue weighted by Gasteiger charge is 2.60. The van der Waals surface area contributed by atoms with E-state index < -0.39 is 18.5 Å². The smallest absolute Gasteiger partial charge is 0.338 e. The molecule has 1 heterocycles. The Hall–Kier alpha value is -3.45. The number of nitrogens with zero attached hydrogens (tertiary/aromatic N) is 1. The molecular weight excluding hydrogens is 456 g/mol. The van der Waals surface area contributed by atoms with E-state index in [4.69, 9.17) is 16.3 Å². The number of imide groups is 1. The van der Waals surface area contributed by atoms with Gasteiger partial charge in [0.2, 0.25) is 11.8 Å². The third kappa shape index (κ3) is 3.70. The topological polar surface area (TPSA) is 92.8 Å². The molecule has 174 valence electrons. The molecule has 3 aliphatic rings. The number of benzene rings is 2. The summed E-state index contributed by atoms with van der Waals surface area (Å²) >= 11 is 5.95. The minimum absolute atomic E-state index is 0.132. The number of aryl methyl sites for hydroxylation is 1. The number of halogens is 1. The van der Waals surface area contributed by atoms with Crippen LogP contribution in [0.1, 0.15) is 29.3 Å². The van der Waals surface area contributed by atoms with Crippen molar-refractivity contribution < 1.29 is 23.9 Å². The second-order valence-corrected chi connectivity index (χ2v) is 9.55. The first-order chi connectivity index (χ1) is 16.2. The fourth-order valence-electron chi connectivity index (χ4n) is 5.40. The summed E-state index contributed by atoms with van der Waals surface area (Å²) in [5.41, 5.74) is 3.22. The number of hydrogen-bond acceptors (Lipinski definition) is 5. The van der Waals surface area contributed by atoms with Crippen LogP contribution in [0.25, 0.3) is 0 Å². The first-order valence-corrected chi connectivity index (χ1v) is 11.5. The van der Waals surface area contributed by atoms with Crippen molar-refractivity contribution in [3.8, 4) is 0 Å². The van der Waals surface area contributed by atoms with Gasteiger partial charge in [0.15, 0.2) is 6.61 Å². The van der Waals surface area contributed by atoms with Crippen molar-refractivity contribution in [3.05, 3.63) is 70.3 Å². The van der Waals surface area contributed by atoms with E-state index in [2.05, 4.69) is 11.4 Å². The molecule has 2 aromatic carbocycles. The Morgan fingerprint density at radius 2 is 1.76 bits per heavy atom. The molecule has 3 amide bonds. The van der Waals surface area contributed by atoms with Crippen LogP contribution < -0.4 is 10.2 Å². The number of amides is 3. The van der Waals surface area contributed by atoms with Crippen LogP contribution in [0.15, 0.2) is 54.1 Å².